The van der Waals surface area contributed by atoms with Gasteiger partial charge in [-0.1, -0.05) is 48.5 Å². The molecular weight excluding hydrogens is 210 g/mol. The maximum absolute atomic E-state index is 5.81. The molecule has 2 aromatic rings. The lowest BCUT2D eigenvalue weighted by Gasteiger charge is -2.10. The van der Waals surface area contributed by atoms with Crippen LogP contribution in [0.4, 0.5) is 0 Å². The third kappa shape index (κ3) is 2.73. The van der Waals surface area contributed by atoms with Gasteiger partial charge in [-0.2, -0.15) is 0 Å². The van der Waals surface area contributed by atoms with Gasteiger partial charge in [0.2, 0.25) is 0 Å². The summed E-state index contributed by atoms with van der Waals surface area (Å²) >= 11 is 0. The van der Waals surface area contributed by atoms with Crippen LogP contribution in [0.15, 0.2) is 48.5 Å². The summed E-state index contributed by atoms with van der Waals surface area (Å²) in [5.41, 5.74) is 10.5. The lowest BCUT2D eigenvalue weighted by atomic mass is 9.98. The molecule has 0 saturated carbocycles. The molecule has 0 fully saturated rings. The zero-order chi connectivity index (χ0) is 12.1. The summed E-state index contributed by atoms with van der Waals surface area (Å²) in [4.78, 5) is 0. The van der Waals surface area contributed by atoms with Crippen LogP contribution in [-0.4, -0.2) is 7.11 Å². The van der Waals surface area contributed by atoms with E-state index >= 15 is 0 Å². The van der Waals surface area contributed by atoms with Crippen molar-refractivity contribution in [1.29, 1.82) is 0 Å². The topological polar surface area (TPSA) is 35.2 Å². The molecule has 2 heteroatoms. The highest BCUT2D eigenvalue weighted by Crippen LogP contribution is 2.24. The molecule has 88 valence electrons. The van der Waals surface area contributed by atoms with E-state index in [1.54, 1.807) is 7.11 Å². The predicted octanol–water partition coefficient (Wildman–Crippen LogP) is 2.96. The average Bonchev–Trinajstić information content (AvgIpc) is 2.40. The fourth-order valence-electron chi connectivity index (χ4n) is 1.97. The molecule has 0 bridgehead atoms. The highest BCUT2D eigenvalue weighted by molar-refractivity contribution is 5.67. The molecule has 0 spiro atoms. The van der Waals surface area contributed by atoms with Gasteiger partial charge in [-0.3, -0.25) is 0 Å². The van der Waals surface area contributed by atoms with E-state index in [1.807, 2.05) is 18.2 Å². The molecule has 0 heterocycles. The lowest BCUT2D eigenvalue weighted by Crippen LogP contribution is -2.01. The molecule has 2 N–H and O–H groups in total. The van der Waals surface area contributed by atoms with Crippen molar-refractivity contribution >= 4 is 0 Å². The molecule has 0 aliphatic rings. The van der Waals surface area contributed by atoms with Gasteiger partial charge in [-0.05, 0) is 22.3 Å². The molecule has 0 amide bonds. The van der Waals surface area contributed by atoms with Crippen LogP contribution < -0.4 is 5.73 Å². The van der Waals surface area contributed by atoms with Gasteiger partial charge in [-0.25, -0.2) is 0 Å². The number of methoxy groups -OCH3 is 1. The molecule has 0 aliphatic carbocycles. The molecule has 0 unspecified atom stereocenters. The maximum Gasteiger partial charge on any atom is 0.0713 e. The van der Waals surface area contributed by atoms with E-state index in [4.69, 9.17) is 10.5 Å². The molecule has 2 rings (SSSR count). The van der Waals surface area contributed by atoms with Gasteiger partial charge in [0.05, 0.1) is 6.61 Å². The van der Waals surface area contributed by atoms with Crippen LogP contribution in [0, 0.1) is 0 Å². The first kappa shape index (κ1) is 11.8. The number of rotatable bonds is 4. The lowest BCUT2D eigenvalue weighted by molar-refractivity contribution is 0.185. The summed E-state index contributed by atoms with van der Waals surface area (Å²) in [5.74, 6) is 0. The molecule has 0 radical (unpaired) electrons. The number of nitrogens with two attached hydrogens (primary N) is 1. The standard InChI is InChI=1S/C15H17NO/c1-17-11-12-7-8-15(14(9-12)10-16)13-5-3-2-4-6-13/h2-9H,10-11,16H2,1H3. The van der Waals surface area contributed by atoms with E-state index in [-0.39, 0.29) is 0 Å². The summed E-state index contributed by atoms with van der Waals surface area (Å²) in [5, 5.41) is 0. The van der Waals surface area contributed by atoms with Crippen molar-refractivity contribution < 1.29 is 4.74 Å². The zero-order valence-corrected chi connectivity index (χ0v) is 10.0. The Kier molecular flexibility index (Phi) is 3.91. The Bertz CT molecular complexity index is 480. The molecule has 0 saturated heterocycles. The molecule has 2 nitrogen and oxygen atoms in total. The Morgan fingerprint density at radius 3 is 2.47 bits per heavy atom. The number of hydrogen-bond donors (Lipinski definition) is 1. The Hall–Kier alpha value is -1.64. The van der Waals surface area contributed by atoms with Crippen LogP contribution in [0.5, 0.6) is 0 Å². The number of hydrogen-bond acceptors (Lipinski definition) is 2. The Morgan fingerprint density at radius 1 is 1.06 bits per heavy atom. The van der Waals surface area contributed by atoms with Crippen LogP contribution in [0.2, 0.25) is 0 Å². The van der Waals surface area contributed by atoms with Crippen molar-refractivity contribution in [3.05, 3.63) is 59.7 Å². The van der Waals surface area contributed by atoms with Gasteiger partial charge in [0, 0.05) is 13.7 Å². The normalized spacial score (nSPS) is 10.5. The Morgan fingerprint density at radius 2 is 1.82 bits per heavy atom. The van der Waals surface area contributed by atoms with Crippen LogP contribution in [-0.2, 0) is 17.9 Å². The van der Waals surface area contributed by atoms with E-state index < -0.39 is 0 Å². The van der Waals surface area contributed by atoms with Crippen LogP contribution in [0.1, 0.15) is 11.1 Å². The van der Waals surface area contributed by atoms with Crippen molar-refractivity contribution in [3.63, 3.8) is 0 Å². The van der Waals surface area contributed by atoms with Crippen LogP contribution in [0.3, 0.4) is 0 Å². The van der Waals surface area contributed by atoms with Gasteiger partial charge < -0.3 is 10.5 Å². The smallest absolute Gasteiger partial charge is 0.0713 e. The average molecular weight is 227 g/mol. The van der Waals surface area contributed by atoms with E-state index in [1.165, 1.54) is 11.1 Å². The van der Waals surface area contributed by atoms with Crippen LogP contribution in [0.25, 0.3) is 11.1 Å². The van der Waals surface area contributed by atoms with Gasteiger partial charge in [0.25, 0.3) is 0 Å². The SMILES string of the molecule is COCc1ccc(-c2ccccc2)c(CN)c1. The monoisotopic (exact) mass is 227 g/mol. The third-order valence-electron chi connectivity index (χ3n) is 2.79. The number of benzene rings is 2. The Balaban J connectivity index is 2.41. The minimum absolute atomic E-state index is 0.543. The minimum Gasteiger partial charge on any atom is -0.380 e. The summed E-state index contributed by atoms with van der Waals surface area (Å²) in [6.07, 6.45) is 0. The van der Waals surface area contributed by atoms with E-state index in [0.717, 1.165) is 11.1 Å². The molecule has 17 heavy (non-hydrogen) atoms. The van der Waals surface area contributed by atoms with Gasteiger partial charge in [0.1, 0.15) is 0 Å². The van der Waals surface area contributed by atoms with Crippen LogP contribution >= 0.6 is 0 Å². The van der Waals surface area contributed by atoms with Gasteiger partial charge in [0.15, 0.2) is 0 Å². The van der Waals surface area contributed by atoms with Crippen molar-refractivity contribution in [2.24, 2.45) is 5.73 Å². The summed E-state index contributed by atoms with van der Waals surface area (Å²) in [6, 6.07) is 16.6. The van der Waals surface area contributed by atoms with Gasteiger partial charge in [-0.15, -0.1) is 0 Å². The van der Waals surface area contributed by atoms with Crippen molar-refractivity contribution in [2.45, 2.75) is 13.2 Å². The van der Waals surface area contributed by atoms with Gasteiger partial charge >= 0.3 is 0 Å². The first-order valence-electron chi connectivity index (χ1n) is 5.71. The third-order valence-corrected chi connectivity index (χ3v) is 2.79. The quantitative estimate of drug-likeness (QED) is 0.871. The number of ether oxygens (including phenoxy) is 1. The van der Waals surface area contributed by atoms with E-state index in [0.29, 0.717) is 13.2 Å². The summed E-state index contributed by atoms with van der Waals surface area (Å²) in [7, 11) is 1.70. The fraction of sp³-hybridized carbons (Fsp3) is 0.200. The second-order valence-corrected chi connectivity index (χ2v) is 3.99. The van der Waals surface area contributed by atoms with E-state index in [9.17, 15) is 0 Å². The second-order valence-electron chi connectivity index (χ2n) is 3.99. The molecule has 0 aromatic heterocycles. The van der Waals surface area contributed by atoms with E-state index in [2.05, 4.69) is 30.3 Å². The van der Waals surface area contributed by atoms with Crippen molar-refractivity contribution in [2.75, 3.05) is 7.11 Å². The first-order chi connectivity index (χ1) is 8.35. The molecular formula is C15H17NO. The second kappa shape index (κ2) is 5.62. The largest absolute Gasteiger partial charge is 0.380 e. The molecule has 0 aliphatic heterocycles. The maximum atomic E-state index is 5.81. The Labute approximate surface area is 102 Å². The predicted molar refractivity (Wildman–Crippen MR) is 70.5 cm³/mol. The first-order valence-corrected chi connectivity index (χ1v) is 5.71. The summed E-state index contributed by atoms with van der Waals surface area (Å²) < 4.78 is 5.13. The molecule has 0 atom stereocenters. The summed E-state index contributed by atoms with van der Waals surface area (Å²) in [6.45, 7) is 1.17. The molecule has 2 aromatic carbocycles. The zero-order valence-electron chi connectivity index (χ0n) is 10.0. The highest BCUT2D eigenvalue weighted by Gasteiger charge is 2.04. The fourth-order valence-corrected chi connectivity index (χ4v) is 1.97. The van der Waals surface area contributed by atoms with Crippen molar-refractivity contribution in [3.8, 4) is 11.1 Å². The minimum atomic E-state index is 0.543. The highest BCUT2D eigenvalue weighted by atomic mass is 16.5. The van der Waals surface area contributed by atoms with Crippen molar-refractivity contribution in [1.82, 2.24) is 0 Å².